The predicted molar refractivity (Wildman–Crippen MR) is 116 cm³/mol. The van der Waals surface area contributed by atoms with Crippen molar-refractivity contribution in [1.82, 2.24) is 10.6 Å². The first-order chi connectivity index (χ1) is 12.1. The summed E-state index contributed by atoms with van der Waals surface area (Å²) in [5.41, 5.74) is 1.67. The summed E-state index contributed by atoms with van der Waals surface area (Å²) in [7, 11) is 0. The molecule has 0 aliphatic heterocycles. The van der Waals surface area contributed by atoms with Gasteiger partial charge in [-0.3, -0.25) is 4.79 Å². The Morgan fingerprint density at radius 3 is 2.50 bits per heavy atom. The maximum absolute atomic E-state index is 12.2. The van der Waals surface area contributed by atoms with Gasteiger partial charge < -0.3 is 20.4 Å². The maximum Gasteiger partial charge on any atom is 0.288 e. The normalized spacial score (nSPS) is 12.4. The van der Waals surface area contributed by atoms with Crippen molar-refractivity contribution in [3.63, 3.8) is 0 Å². The molecule has 0 aliphatic carbocycles. The van der Waals surface area contributed by atoms with Crippen LogP contribution < -0.4 is 16.0 Å². The SMILES string of the molecule is Cc1cc(Br)cc(Br)c1NC(=S)NC(NC(=O)c1ccco1)C(Cl)(Cl)Cl. The van der Waals surface area contributed by atoms with Crippen molar-refractivity contribution < 1.29 is 9.21 Å². The van der Waals surface area contributed by atoms with Crippen LogP contribution in [0.1, 0.15) is 16.1 Å². The molecule has 1 amide bonds. The minimum absolute atomic E-state index is 0.0800. The number of halogens is 5. The second-order valence-electron chi connectivity index (χ2n) is 5.10. The number of benzene rings is 1. The van der Waals surface area contributed by atoms with E-state index in [0.29, 0.717) is 0 Å². The van der Waals surface area contributed by atoms with E-state index in [4.69, 9.17) is 51.4 Å². The fourth-order valence-electron chi connectivity index (χ4n) is 1.95. The molecule has 0 radical (unpaired) electrons. The van der Waals surface area contributed by atoms with Gasteiger partial charge in [-0.25, -0.2) is 0 Å². The standard InChI is InChI=1S/C15H12Br2Cl3N3O2S/c1-7-5-8(16)6-9(17)11(7)21-14(26)23-13(15(18,19)20)22-12(24)10-3-2-4-25-10/h2-6,13H,1H3,(H,22,24)(H2,21,23,26). The molecular weight excluding hydrogens is 552 g/mol. The highest BCUT2D eigenvalue weighted by molar-refractivity contribution is 9.11. The van der Waals surface area contributed by atoms with Gasteiger partial charge in [-0.15, -0.1) is 0 Å². The van der Waals surface area contributed by atoms with E-state index in [1.165, 1.54) is 12.3 Å². The number of amides is 1. The first kappa shape index (κ1) is 21.8. The van der Waals surface area contributed by atoms with Crippen molar-refractivity contribution in [2.75, 3.05) is 5.32 Å². The average molecular weight is 565 g/mol. The first-order valence-corrected chi connectivity index (χ1v) is 10.1. The molecule has 1 heterocycles. The molecule has 1 aromatic heterocycles. The molecule has 140 valence electrons. The van der Waals surface area contributed by atoms with Crippen LogP contribution in [0, 0.1) is 6.92 Å². The lowest BCUT2D eigenvalue weighted by Gasteiger charge is -2.27. The highest BCUT2D eigenvalue weighted by Crippen LogP contribution is 2.31. The summed E-state index contributed by atoms with van der Waals surface area (Å²) in [6.45, 7) is 1.91. The quantitative estimate of drug-likeness (QED) is 0.259. The summed E-state index contributed by atoms with van der Waals surface area (Å²) >= 11 is 30.0. The lowest BCUT2D eigenvalue weighted by molar-refractivity contribution is 0.0906. The van der Waals surface area contributed by atoms with Crippen LogP contribution in [-0.4, -0.2) is 21.0 Å². The fraction of sp³-hybridized carbons (Fsp3) is 0.200. The second kappa shape index (κ2) is 9.12. The van der Waals surface area contributed by atoms with Crippen molar-refractivity contribution >= 4 is 95.6 Å². The zero-order chi connectivity index (χ0) is 19.5. The first-order valence-electron chi connectivity index (χ1n) is 7.02. The Morgan fingerprint density at radius 2 is 1.96 bits per heavy atom. The number of anilines is 1. The highest BCUT2D eigenvalue weighted by atomic mass is 79.9. The summed E-state index contributed by atoms with van der Waals surface area (Å²) in [5, 5.41) is 8.49. The Hall–Kier alpha value is -0.510. The van der Waals surface area contributed by atoms with E-state index in [9.17, 15) is 4.79 Å². The van der Waals surface area contributed by atoms with Crippen LogP contribution >= 0.6 is 78.9 Å². The Balaban J connectivity index is 2.11. The zero-order valence-electron chi connectivity index (χ0n) is 13.1. The van der Waals surface area contributed by atoms with Gasteiger partial charge in [0.25, 0.3) is 5.91 Å². The molecule has 26 heavy (non-hydrogen) atoms. The smallest absolute Gasteiger partial charge is 0.288 e. The minimum Gasteiger partial charge on any atom is -0.459 e. The predicted octanol–water partition coefficient (Wildman–Crippen LogP) is 5.53. The van der Waals surface area contributed by atoms with E-state index in [0.717, 1.165) is 20.2 Å². The van der Waals surface area contributed by atoms with Gasteiger partial charge in [-0.1, -0.05) is 50.7 Å². The lowest BCUT2D eigenvalue weighted by Crippen LogP contribution is -2.56. The molecule has 0 saturated heterocycles. The fourth-order valence-corrected chi connectivity index (χ4v) is 4.04. The Morgan fingerprint density at radius 1 is 1.27 bits per heavy atom. The summed E-state index contributed by atoms with van der Waals surface area (Å²) in [5.74, 6) is -0.473. The number of hydrogen-bond donors (Lipinski definition) is 3. The summed E-state index contributed by atoms with van der Waals surface area (Å²) in [6.07, 6.45) is 0.270. The Bertz CT molecular complexity index is 790. The van der Waals surface area contributed by atoms with Crippen LogP contribution in [-0.2, 0) is 0 Å². The van der Waals surface area contributed by atoms with E-state index >= 15 is 0 Å². The monoisotopic (exact) mass is 561 g/mol. The second-order valence-corrected chi connectivity index (χ2v) is 9.65. The Kier molecular flexibility index (Phi) is 7.64. The van der Waals surface area contributed by atoms with E-state index < -0.39 is 15.9 Å². The molecule has 5 nitrogen and oxygen atoms in total. The van der Waals surface area contributed by atoms with Crippen molar-refractivity contribution in [2.24, 2.45) is 0 Å². The molecular formula is C15H12Br2Cl3N3O2S. The van der Waals surface area contributed by atoms with Gasteiger partial charge in [0, 0.05) is 8.95 Å². The van der Waals surface area contributed by atoms with Crippen LogP contribution in [0.3, 0.4) is 0 Å². The summed E-state index contributed by atoms with van der Waals surface area (Å²) in [6, 6.07) is 6.85. The number of rotatable bonds is 4. The topological polar surface area (TPSA) is 66.3 Å². The van der Waals surface area contributed by atoms with Gasteiger partial charge in [0.2, 0.25) is 3.79 Å². The molecule has 1 unspecified atom stereocenters. The van der Waals surface area contributed by atoms with E-state index in [2.05, 4.69) is 47.8 Å². The van der Waals surface area contributed by atoms with Crippen molar-refractivity contribution in [3.05, 3.63) is 50.8 Å². The van der Waals surface area contributed by atoms with E-state index in [1.54, 1.807) is 6.07 Å². The molecule has 2 aromatic rings. The molecule has 2 rings (SSSR count). The molecule has 3 N–H and O–H groups in total. The summed E-state index contributed by atoms with van der Waals surface area (Å²) < 4.78 is 4.87. The number of alkyl halides is 3. The third-order valence-electron chi connectivity index (χ3n) is 3.11. The minimum atomic E-state index is -1.86. The van der Waals surface area contributed by atoms with Crippen molar-refractivity contribution in [2.45, 2.75) is 16.9 Å². The molecule has 0 fully saturated rings. The van der Waals surface area contributed by atoms with Gasteiger partial charge >= 0.3 is 0 Å². The molecule has 0 spiro atoms. The highest BCUT2D eigenvalue weighted by Gasteiger charge is 2.35. The van der Waals surface area contributed by atoms with Crippen LogP contribution in [0.15, 0.2) is 43.9 Å². The van der Waals surface area contributed by atoms with Gasteiger partial charge in [-0.05, 0) is 64.9 Å². The third-order valence-corrected chi connectivity index (χ3v) is 5.07. The third kappa shape index (κ3) is 6.00. The maximum atomic E-state index is 12.2. The number of furan rings is 1. The van der Waals surface area contributed by atoms with Gasteiger partial charge in [0.05, 0.1) is 12.0 Å². The lowest BCUT2D eigenvalue weighted by atomic mass is 10.2. The average Bonchev–Trinajstić information content (AvgIpc) is 3.03. The molecule has 0 bridgehead atoms. The molecule has 11 heteroatoms. The number of aryl methyl sites for hydroxylation is 1. The van der Waals surface area contributed by atoms with E-state index in [1.807, 2.05) is 19.1 Å². The van der Waals surface area contributed by atoms with Crippen molar-refractivity contribution in [3.8, 4) is 0 Å². The van der Waals surface area contributed by atoms with Gasteiger partial charge in [0.15, 0.2) is 10.9 Å². The van der Waals surface area contributed by atoms with E-state index in [-0.39, 0.29) is 10.9 Å². The molecule has 1 aromatic carbocycles. The summed E-state index contributed by atoms with van der Waals surface area (Å²) in [4.78, 5) is 12.2. The van der Waals surface area contributed by atoms with Crippen LogP contribution in [0.2, 0.25) is 0 Å². The Labute approximate surface area is 187 Å². The van der Waals surface area contributed by atoms with Gasteiger partial charge in [-0.2, -0.15) is 0 Å². The molecule has 0 aliphatic rings. The van der Waals surface area contributed by atoms with Crippen LogP contribution in [0.5, 0.6) is 0 Å². The number of carbonyl (C=O) groups excluding carboxylic acids is 1. The largest absolute Gasteiger partial charge is 0.459 e. The van der Waals surface area contributed by atoms with Gasteiger partial charge in [0.1, 0.15) is 6.17 Å². The zero-order valence-corrected chi connectivity index (χ0v) is 19.3. The number of thiocarbonyl (C=S) groups is 1. The van der Waals surface area contributed by atoms with Crippen LogP contribution in [0.4, 0.5) is 5.69 Å². The van der Waals surface area contributed by atoms with Crippen LogP contribution in [0.25, 0.3) is 0 Å². The molecule has 1 atom stereocenters. The number of hydrogen-bond acceptors (Lipinski definition) is 3. The molecule has 0 saturated carbocycles. The number of carbonyl (C=O) groups is 1. The van der Waals surface area contributed by atoms with Crippen molar-refractivity contribution in [1.29, 1.82) is 0 Å². The number of nitrogens with one attached hydrogen (secondary N) is 3.